The minimum absolute atomic E-state index is 0.0428. The first-order chi connectivity index (χ1) is 8.26. The first kappa shape index (κ1) is 14.9. The van der Waals surface area contributed by atoms with Crippen LogP contribution >= 0.6 is 11.6 Å². The van der Waals surface area contributed by atoms with E-state index in [0.717, 1.165) is 0 Å². The summed E-state index contributed by atoms with van der Waals surface area (Å²) in [6.07, 6.45) is -0.110. The smallest absolute Gasteiger partial charge is 0.322 e. The van der Waals surface area contributed by atoms with Gasteiger partial charge < -0.3 is 10.1 Å². The Morgan fingerprint density at radius 2 is 2.06 bits per heavy atom. The molecule has 1 heterocycles. The molecule has 10 heteroatoms. The SMILES string of the molecule is CC(C)Oc1nc(Cl)nc(NCCS(N)(=O)=O)n1. The average Bonchev–Trinajstić information content (AvgIpc) is 2.12. The summed E-state index contributed by atoms with van der Waals surface area (Å²) >= 11 is 5.68. The Balaban J connectivity index is 2.68. The van der Waals surface area contributed by atoms with Crippen molar-refractivity contribution in [3.8, 4) is 6.01 Å². The van der Waals surface area contributed by atoms with Crippen LogP contribution in [0.2, 0.25) is 5.28 Å². The molecule has 0 saturated heterocycles. The molecule has 8 nitrogen and oxygen atoms in total. The van der Waals surface area contributed by atoms with Crippen LogP contribution in [-0.4, -0.2) is 41.8 Å². The summed E-state index contributed by atoms with van der Waals surface area (Å²) in [7, 11) is -3.53. The van der Waals surface area contributed by atoms with E-state index < -0.39 is 10.0 Å². The molecule has 0 bridgehead atoms. The number of anilines is 1. The van der Waals surface area contributed by atoms with Crippen LogP contribution in [0.3, 0.4) is 0 Å². The zero-order chi connectivity index (χ0) is 13.8. The lowest BCUT2D eigenvalue weighted by molar-refractivity contribution is 0.222. The highest BCUT2D eigenvalue weighted by atomic mass is 35.5. The molecule has 0 spiro atoms. The maximum atomic E-state index is 10.7. The number of primary sulfonamides is 1. The number of hydrogen-bond donors (Lipinski definition) is 2. The molecule has 1 rings (SSSR count). The van der Waals surface area contributed by atoms with Crippen molar-refractivity contribution in [2.45, 2.75) is 20.0 Å². The van der Waals surface area contributed by atoms with Crippen molar-refractivity contribution in [1.29, 1.82) is 0 Å². The predicted molar refractivity (Wildman–Crippen MR) is 67.1 cm³/mol. The van der Waals surface area contributed by atoms with Crippen molar-refractivity contribution in [3.05, 3.63) is 5.28 Å². The van der Waals surface area contributed by atoms with E-state index in [1.807, 2.05) is 13.8 Å². The van der Waals surface area contributed by atoms with Gasteiger partial charge in [0.25, 0.3) is 0 Å². The average molecular weight is 296 g/mol. The fraction of sp³-hybridized carbons (Fsp3) is 0.625. The molecule has 0 atom stereocenters. The second-order valence-electron chi connectivity index (χ2n) is 3.67. The number of rotatable bonds is 6. The van der Waals surface area contributed by atoms with E-state index in [1.165, 1.54) is 0 Å². The molecular formula is C8H14ClN5O3S. The number of aromatic nitrogens is 3. The van der Waals surface area contributed by atoms with Crippen molar-refractivity contribution in [3.63, 3.8) is 0 Å². The standard InChI is InChI=1S/C8H14ClN5O3S/c1-5(2)17-8-13-6(9)12-7(14-8)11-3-4-18(10,15)16/h5H,3-4H2,1-2H3,(H2,10,15,16)(H,11,12,13,14). The molecule has 0 aliphatic heterocycles. The maximum Gasteiger partial charge on any atom is 0.322 e. The summed E-state index contributed by atoms with van der Waals surface area (Å²) in [5, 5.41) is 7.48. The zero-order valence-electron chi connectivity index (χ0n) is 9.92. The summed E-state index contributed by atoms with van der Waals surface area (Å²) in [5.74, 6) is -0.106. The highest BCUT2D eigenvalue weighted by molar-refractivity contribution is 7.89. The van der Waals surface area contributed by atoms with Crippen molar-refractivity contribution in [2.24, 2.45) is 5.14 Å². The molecule has 102 valence electrons. The molecule has 0 unspecified atom stereocenters. The van der Waals surface area contributed by atoms with E-state index in [9.17, 15) is 8.42 Å². The molecule has 1 aromatic rings. The molecule has 1 aromatic heterocycles. The predicted octanol–water partition coefficient (Wildman–Crippen LogP) is 0.0126. The van der Waals surface area contributed by atoms with Crippen LogP contribution in [-0.2, 0) is 10.0 Å². The van der Waals surface area contributed by atoms with Gasteiger partial charge in [-0.3, -0.25) is 0 Å². The summed E-state index contributed by atoms with van der Waals surface area (Å²) in [4.78, 5) is 11.5. The van der Waals surface area contributed by atoms with Crippen LogP contribution in [0.1, 0.15) is 13.8 Å². The summed E-state index contributed by atoms with van der Waals surface area (Å²) in [6.45, 7) is 3.69. The lowest BCUT2D eigenvalue weighted by Crippen LogP contribution is -2.23. The van der Waals surface area contributed by atoms with Gasteiger partial charge in [-0.05, 0) is 25.4 Å². The van der Waals surface area contributed by atoms with Crippen LogP contribution in [0.25, 0.3) is 0 Å². The van der Waals surface area contributed by atoms with Crippen molar-refractivity contribution >= 4 is 27.6 Å². The molecular weight excluding hydrogens is 282 g/mol. The normalized spacial score (nSPS) is 11.6. The zero-order valence-corrected chi connectivity index (χ0v) is 11.5. The first-order valence-electron chi connectivity index (χ1n) is 5.09. The molecule has 0 radical (unpaired) electrons. The van der Waals surface area contributed by atoms with Gasteiger partial charge in [0, 0.05) is 6.54 Å². The van der Waals surface area contributed by atoms with Gasteiger partial charge in [-0.1, -0.05) is 0 Å². The first-order valence-corrected chi connectivity index (χ1v) is 7.18. The highest BCUT2D eigenvalue weighted by Gasteiger charge is 2.08. The molecule has 0 amide bonds. The van der Waals surface area contributed by atoms with E-state index in [4.69, 9.17) is 21.5 Å². The Hall–Kier alpha value is -1.19. The Morgan fingerprint density at radius 3 is 2.61 bits per heavy atom. The monoisotopic (exact) mass is 295 g/mol. The molecule has 18 heavy (non-hydrogen) atoms. The number of ether oxygens (including phenoxy) is 1. The Labute approximate surface area is 110 Å². The van der Waals surface area contributed by atoms with Crippen LogP contribution < -0.4 is 15.2 Å². The molecule has 0 aliphatic rings. The van der Waals surface area contributed by atoms with E-state index >= 15 is 0 Å². The van der Waals surface area contributed by atoms with Crippen LogP contribution in [0.5, 0.6) is 6.01 Å². The summed E-state index contributed by atoms with van der Waals surface area (Å²) in [6, 6.07) is 0.0723. The van der Waals surface area contributed by atoms with Crippen LogP contribution in [0.4, 0.5) is 5.95 Å². The number of halogens is 1. The number of nitrogens with two attached hydrogens (primary N) is 1. The van der Waals surface area contributed by atoms with E-state index in [0.29, 0.717) is 0 Å². The fourth-order valence-electron chi connectivity index (χ4n) is 0.980. The van der Waals surface area contributed by atoms with Crippen LogP contribution in [0.15, 0.2) is 0 Å². The lowest BCUT2D eigenvalue weighted by Gasteiger charge is -2.09. The summed E-state index contributed by atoms with van der Waals surface area (Å²) in [5.41, 5.74) is 0. The van der Waals surface area contributed by atoms with Crippen molar-refractivity contribution in [2.75, 3.05) is 17.6 Å². The van der Waals surface area contributed by atoms with Crippen LogP contribution in [0, 0.1) is 0 Å². The largest absolute Gasteiger partial charge is 0.461 e. The fourth-order valence-corrected chi connectivity index (χ4v) is 1.52. The lowest BCUT2D eigenvalue weighted by atomic mass is 10.5. The van der Waals surface area contributed by atoms with Crippen molar-refractivity contribution < 1.29 is 13.2 Å². The van der Waals surface area contributed by atoms with Crippen molar-refractivity contribution in [1.82, 2.24) is 15.0 Å². The van der Waals surface area contributed by atoms with Gasteiger partial charge in [-0.15, -0.1) is 0 Å². The van der Waals surface area contributed by atoms with Gasteiger partial charge in [0.05, 0.1) is 11.9 Å². The van der Waals surface area contributed by atoms with Gasteiger partial charge in [-0.2, -0.15) is 15.0 Å². The highest BCUT2D eigenvalue weighted by Crippen LogP contribution is 2.12. The quantitative estimate of drug-likeness (QED) is 0.758. The molecule has 0 aliphatic carbocycles. The molecule has 0 aromatic carbocycles. The van der Waals surface area contributed by atoms with Gasteiger partial charge in [-0.25, -0.2) is 13.6 Å². The minimum Gasteiger partial charge on any atom is -0.461 e. The topological polar surface area (TPSA) is 120 Å². The van der Waals surface area contributed by atoms with Gasteiger partial charge >= 0.3 is 6.01 Å². The second kappa shape index (κ2) is 6.12. The minimum atomic E-state index is -3.53. The van der Waals surface area contributed by atoms with E-state index in [-0.39, 0.29) is 35.6 Å². The molecule has 0 saturated carbocycles. The summed E-state index contributed by atoms with van der Waals surface area (Å²) < 4.78 is 26.7. The maximum absolute atomic E-state index is 10.7. The Bertz CT molecular complexity index is 507. The number of nitrogens with one attached hydrogen (secondary N) is 1. The molecule has 0 fully saturated rings. The number of nitrogens with zero attached hydrogens (tertiary/aromatic N) is 3. The molecule has 3 N–H and O–H groups in total. The number of hydrogen-bond acceptors (Lipinski definition) is 7. The van der Waals surface area contributed by atoms with E-state index in [2.05, 4.69) is 20.3 Å². The third-order valence-corrected chi connectivity index (χ3v) is 2.54. The van der Waals surface area contributed by atoms with Gasteiger partial charge in [0.1, 0.15) is 0 Å². The third kappa shape index (κ3) is 5.94. The Morgan fingerprint density at radius 1 is 1.39 bits per heavy atom. The van der Waals surface area contributed by atoms with Gasteiger partial charge in [0.2, 0.25) is 21.3 Å². The second-order valence-corrected chi connectivity index (χ2v) is 5.74. The number of sulfonamides is 1. The van der Waals surface area contributed by atoms with E-state index in [1.54, 1.807) is 0 Å². The van der Waals surface area contributed by atoms with Gasteiger partial charge in [0.15, 0.2) is 0 Å². The Kier molecular flexibility index (Phi) is 5.05. The third-order valence-electron chi connectivity index (χ3n) is 1.60.